The Hall–Kier alpha value is -2.52. The third-order valence-electron chi connectivity index (χ3n) is 7.61. The number of likely N-dealkylation sites (N-methyl/N-ethyl adjacent to an activating group) is 1. The van der Waals surface area contributed by atoms with Gasteiger partial charge in [0.25, 0.3) is 0 Å². The number of aromatic nitrogens is 1. The number of carbonyl (C=O) groups is 2. The molecule has 8 nitrogen and oxygen atoms in total. The lowest BCUT2D eigenvalue weighted by Gasteiger charge is -2.34. The van der Waals surface area contributed by atoms with Crippen molar-refractivity contribution < 1.29 is 14.3 Å². The van der Waals surface area contributed by atoms with Crippen LogP contribution < -0.4 is 15.5 Å². The molecule has 1 aliphatic heterocycles. The van der Waals surface area contributed by atoms with Crippen LogP contribution in [0.2, 0.25) is 0 Å². The van der Waals surface area contributed by atoms with Gasteiger partial charge in [0.2, 0.25) is 0 Å². The Labute approximate surface area is 224 Å². The molecule has 5 rings (SSSR count). The fourth-order valence-electron chi connectivity index (χ4n) is 5.72. The number of piperazine rings is 1. The van der Waals surface area contributed by atoms with Crippen molar-refractivity contribution in [1.29, 1.82) is 0 Å². The van der Waals surface area contributed by atoms with Crippen LogP contribution in [0.3, 0.4) is 0 Å². The number of rotatable bonds is 5. The fraction of sp³-hybridized carbons (Fsp3) is 0.643. The minimum Gasteiger partial charge on any atom is -0.456 e. The van der Waals surface area contributed by atoms with Crippen LogP contribution in [0, 0.1) is 0 Å². The van der Waals surface area contributed by atoms with Crippen molar-refractivity contribution in [2.75, 3.05) is 43.4 Å². The van der Waals surface area contributed by atoms with E-state index in [1.165, 1.54) is 33.8 Å². The van der Waals surface area contributed by atoms with Gasteiger partial charge in [0.1, 0.15) is 17.0 Å². The highest BCUT2D eigenvalue weighted by Crippen LogP contribution is 2.40. The van der Waals surface area contributed by atoms with Crippen molar-refractivity contribution >= 4 is 34.2 Å². The normalized spacial score (nSPS) is 18.2. The zero-order valence-corrected chi connectivity index (χ0v) is 23.5. The summed E-state index contributed by atoms with van der Waals surface area (Å²) in [6.45, 7) is 10.2. The van der Waals surface area contributed by atoms with Crippen molar-refractivity contribution in [3.8, 4) is 0 Å². The van der Waals surface area contributed by atoms with Gasteiger partial charge in [0.15, 0.2) is 0 Å². The first-order chi connectivity index (χ1) is 17.7. The van der Waals surface area contributed by atoms with Gasteiger partial charge in [-0.15, -0.1) is 11.3 Å². The van der Waals surface area contributed by atoms with E-state index in [1.807, 2.05) is 32.1 Å². The van der Waals surface area contributed by atoms with Gasteiger partial charge in [0, 0.05) is 48.9 Å². The van der Waals surface area contributed by atoms with Crippen LogP contribution in [0.25, 0.3) is 0 Å². The zero-order valence-electron chi connectivity index (χ0n) is 22.7. The molecule has 1 saturated heterocycles. The maximum absolute atomic E-state index is 13.2. The number of hydrogen-bond acceptors (Lipinski definition) is 6. The van der Waals surface area contributed by atoms with Gasteiger partial charge >= 0.3 is 12.0 Å². The van der Waals surface area contributed by atoms with E-state index in [4.69, 9.17) is 4.74 Å². The maximum atomic E-state index is 13.2. The summed E-state index contributed by atoms with van der Waals surface area (Å²) < 4.78 is 5.70. The lowest BCUT2D eigenvalue weighted by Crippen LogP contribution is -2.44. The van der Waals surface area contributed by atoms with E-state index in [9.17, 15) is 9.59 Å². The van der Waals surface area contributed by atoms with Crippen molar-refractivity contribution in [3.05, 3.63) is 32.8 Å². The number of thiophene rings is 1. The molecule has 0 atom stereocenters. The van der Waals surface area contributed by atoms with E-state index in [2.05, 4.69) is 32.5 Å². The summed E-state index contributed by atoms with van der Waals surface area (Å²) in [6.07, 6.45) is 8.48. The number of amides is 2. The van der Waals surface area contributed by atoms with E-state index in [0.29, 0.717) is 17.9 Å². The van der Waals surface area contributed by atoms with Crippen LogP contribution >= 0.6 is 11.3 Å². The maximum Gasteiger partial charge on any atom is 0.342 e. The molecule has 3 N–H and O–H groups in total. The number of carbonyl (C=O) groups excluding carboxylic acids is 2. The lowest BCUT2D eigenvalue weighted by molar-refractivity contribution is 0.00697. The molecule has 2 aromatic rings. The second kappa shape index (κ2) is 10.7. The minimum absolute atomic E-state index is 0.302. The summed E-state index contributed by atoms with van der Waals surface area (Å²) in [6, 6.07) is -0.302. The summed E-state index contributed by atoms with van der Waals surface area (Å²) in [4.78, 5) is 36.0. The number of aryl methyl sites for hydroxylation is 2. The topological polar surface area (TPSA) is 89.7 Å². The van der Waals surface area contributed by atoms with Crippen LogP contribution in [0.15, 0.2) is 0 Å². The van der Waals surface area contributed by atoms with Gasteiger partial charge in [-0.25, -0.2) is 9.59 Å². The first kappa shape index (κ1) is 26.1. The Morgan fingerprint density at radius 1 is 0.973 bits per heavy atom. The smallest absolute Gasteiger partial charge is 0.342 e. The molecule has 37 heavy (non-hydrogen) atoms. The van der Waals surface area contributed by atoms with Gasteiger partial charge < -0.3 is 24.8 Å². The van der Waals surface area contributed by atoms with E-state index in [1.54, 1.807) is 0 Å². The Kier molecular flexibility index (Phi) is 7.54. The number of nitrogens with one attached hydrogen (secondary N) is 3. The number of anilines is 2. The van der Waals surface area contributed by atoms with E-state index >= 15 is 0 Å². The van der Waals surface area contributed by atoms with Crippen LogP contribution in [-0.2, 0) is 37.0 Å². The quantitative estimate of drug-likeness (QED) is 0.483. The third kappa shape index (κ3) is 5.82. The molecular formula is C28H41N5O3S. The van der Waals surface area contributed by atoms with E-state index in [-0.39, 0.29) is 12.0 Å². The number of urea groups is 1. The Morgan fingerprint density at radius 2 is 1.65 bits per heavy atom. The molecule has 0 spiro atoms. The van der Waals surface area contributed by atoms with E-state index < -0.39 is 5.60 Å². The molecule has 9 heteroatoms. The van der Waals surface area contributed by atoms with Gasteiger partial charge in [-0.3, -0.25) is 5.32 Å². The predicted octanol–water partition coefficient (Wildman–Crippen LogP) is 4.86. The fourth-order valence-corrected chi connectivity index (χ4v) is 7.18. The first-order valence-electron chi connectivity index (χ1n) is 13.8. The van der Waals surface area contributed by atoms with Crippen molar-refractivity contribution in [2.24, 2.45) is 0 Å². The number of aromatic amines is 1. The molecule has 0 bridgehead atoms. The number of nitrogens with zero attached hydrogens (tertiary/aromatic N) is 2. The lowest BCUT2D eigenvalue weighted by atomic mass is 9.95. The van der Waals surface area contributed by atoms with Crippen LogP contribution in [0.4, 0.5) is 15.6 Å². The third-order valence-corrected chi connectivity index (χ3v) is 9.01. The summed E-state index contributed by atoms with van der Waals surface area (Å²) in [5.74, 6) is 0.0664. The molecule has 0 saturated carbocycles. The molecule has 0 radical (unpaired) electrons. The minimum atomic E-state index is -0.604. The average molecular weight is 528 g/mol. The monoisotopic (exact) mass is 527 g/mol. The molecule has 2 aromatic heterocycles. The van der Waals surface area contributed by atoms with Crippen molar-refractivity contribution in [1.82, 2.24) is 15.2 Å². The molecule has 0 aromatic carbocycles. The van der Waals surface area contributed by atoms with Gasteiger partial charge in [0.05, 0.1) is 5.00 Å². The molecule has 3 heterocycles. The summed E-state index contributed by atoms with van der Waals surface area (Å²) >= 11 is 1.92. The molecule has 202 valence electrons. The Bertz CT molecular complexity index is 1150. The van der Waals surface area contributed by atoms with Crippen molar-refractivity contribution in [3.63, 3.8) is 0 Å². The highest BCUT2D eigenvalue weighted by molar-refractivity contribution is 7.16. The molecular weight excluding hydrogens is 486 g/mol. The average Bonchev–Trinajstić information content (AvgIpc) is 3.40. The molecule has 2 amide bonds. The summed E-state index contributed by atoms with van der Waals surface area (Å²) in [5, 5.41) is 7.40. The van der Waals surface area contributed by atoms with Crippen LogP contribution in [-0.4, -0.2) is 60.7 Å². The van der Waals surface area contributed by atoms with Gasteiger partial charge in [-0.1, -0.05) is 0 Å². The first-order valence-corrected chi connectivity index (χ1v) is 14.6. The number of fused-ring (bicyclic) bond motifs is 2. The van der Waals surface area contributed by atoms with Crippen molar-refractivity contribution in [2.45, 2.75) is 84.3 Å². The van der Waals surface area contributed by atoms with Gasteiger partial charge in [-0.05, 0) is 90.3 Å². The SMILES string of the molecule is CN1CCN(c2sc3c(c2CNC(=O)Nc2[nH]c4c(c2C(=O)OC(C)(C)C)CCCC4)CCCC3)CC1. The zero-order chi connectivity index (χ0) is 26.2. The number of H-pyrrole nitrogens is 1. The highest BCUT2D eigenvalue weighted by Gasteiger charge is 2.30. The molecule has 0 unspecified atom stereocenters. The summed E-state index contributed by atoms with van der Waals surface area (Å²) in [7, 11) is 2.17. The molecule has 1 fully saturated rings. The van der Waals surface area contributed by atoms with E-state index in [0.717, 1.165) is 76.0 Å². The highest BCUT2D eigenvalue weighted by atomic mass is 32.1. The second-order valence-corrected chi connectivity index (χ2v) is 12.7. The summed E-state index contributed by atoms with van der Waals surface area (Å²) in [5.41, 5.74) is 4.61. The molecule has 3 aliphatic rings. The molecule has 2 aliphatic carbocycles. The number of hydrogen-bond donors (Lipinski definition) is 3. The standard InChI is InChI=1S/C28H41N5O3S/c1-28(2,3)36-26(34)23-19-10-5-7-11-21(19)30-24(23)31-27(35)29-17-20-18-9-6-8-12-22(18)37-25(20)33-15-13-32(4)14-16-33/h30H,5-17H2,1-4H3,(H2,29,31,35). The number of ether oxygens (including phenoxy) is 1. The Morgan fingerprint density at radius 3 is 2.38 bits per heavy atom. The van der Waals surface area contributed by atoms with Gasteiger partial charge in [-0.2, -0.15) is 0 Å². The van der Waals surface area contributed by atoms with Crippen LogP contribution in [0.5, 0.6) is 0 Å². The predicted molar refractivity (Wildman–Crippen MR) is 149 cm³/mol. The second-order valence-electron chi connectivity index (χ2n) is 11.6. The Balaban J connectivity index is 1.33. The number of esters is 1. The van der Waals surface area contributed by atoms with Crippen LogP contribution in [0.1, 0.15) is 84.1 Å². The largest absolute Gasteiger partial charge is 0.456 e.